The maximum absolute atomic E-state index is 4.62. The van der Waals surface area contributed by atoms with E-state index in [0.717, 1.165) is 31.2 Å². The minimum atomic E-state index is 0. The zero-order valence-corrected chi connectivity index (χ0v) is 15.9. The summed E-state index contributed by atoms with van der Waals surface area (Å²) in [6, 6.07) is 14.3. The average Bonchev–Trinajstić information content (AvgIpc) is 3.31. The molecule has 4 nitrogen and oxygen atoms in total. The predicted molar refractivity (Wildman–Crippen MR) is 110 cm³/mol. The van der Waals surface area contributed by atoms with Gasteiger partial charge in [-0.3, -0.25) is 9.98 Å². The van der Waals surface area contributed by atoms with Gasteiger partial charge < -0.3 is 10.6 Å². The Morgan fingerprint density at radius 3 is 1.62 bits per heavy atom. The van der Waals surface area contributed by atoms with E-state index in [4.69, 9.17) is 0 Å². The lowest BCUT2D eigenvalue weighted by Gasteiger charge is -2.09. The summed E-state index contributed by atoms with van der Waals surface area (Å²) in [5, 5.41) is 6.92. The van der Waals surface area contributed by atoms with Gasteiger partial charge in [0.25, 0.3) is 0 Å². The first-order valence-electron chi connectivity index (χ1n) is 9.06. The zero-order chi connectivity index (χ0) is 17.0. The second kappa shape index (κ2) is 6.44. The lowest BCUT2D eigenvalue weighted by molar-refractivity contribution is 0.726. The zero-order valence-electron chi connectivity index (χ0n) is 15.0. The highest BCUT2D eigenvalue weighted by atomic mass is 35.5. The fraction of sp³-hybridized carbons (Fsp3) is 0.333. The van der Waals surface area contributed by atoms with Crippen molar-refractivity contribution in [2.75, 3.05) is 13.1 Å². The third kappa shape index (κ3) is 2.78. The number of benzene rings is 2. The maximum Gasteiger partial charge on any atom is 0.128 e. The fourth-order valence-electron chi connectivity index (χ4n) is 3.96. The van der Waals surface area contributed by atoms with Crippen molar-refractivity contribution in [2.24, 2.45) is 9.98 Å². The number of rotatable bonds is 2. The molecule has 2 aromatic rings. The van der Waals surface area contributed by atoms with Crippen LogP contribution in [0.5, 0.6) is 0 Å². The summed E-state index contributed by atoms with van der Waals surface area (Å²) >= 11 is 0. The summed E-state index contributed by atoms with van der Waals surface area (Å²) in [6.07, 6.45) is 0.984. The highest BCUT2D eigenvalue weighted by Gasteiger charge is 2.23. The summed E-state index contributed by atoms with van der Waals surface area (Å²) < 4.78 is 0. The number of amidine groups is 2. The van der Waals surface area contributed by atoms with Crippen molar-refractivity contribution in [3.05, 3.63) is 58.7 Å². The highest BCUT2D eigenvalue weighted by molar-refractivity contribution is 6.02. The van der Waals surface area contributed by atoms with Gasteiger partial charge in [0.2, 0.25) is 0 Å². The van der Waals surface area contributed by atoms with E-state index in [0.29, 0.717) is 12.1 Å². The second-order valence-electron chi connectivity index (χ2n) is 7.39. The molecule has 2 N–H and O–H groups in total. The first-order valence-corrected chi connectivity index (χ1v) is 9.06. The number of hydrogen-bond donors (Lipinski definition) is 2. The first-order chi connectivity index (χ1) is 12.2. The normalized spacial score (nSPS) is 22.5. The van der Waals surface area contributed by atoms with Crippen molar-refractivity contribution in [2.45, 2.75) is 32.4 Å². The van der Waals surface area contributed by atoms with Gasteiger partial charge in [-0.25, -0.2) is 0 Å². The number of fused-ring (bicyclic) bond motifs is 3. The molecule has 0 aromatic heterocycles. The van der Waals surface area contributed by atoms with E-state index in [-0.39, 0.29) is 12.4 Å². The molecular formula is C21H23ClN4. The summed E-state index contributed by atoms with van der Waals surface area (Å²) in [5.41, 5.74) is 7.89. The van der Waals surface area contributed by atoms with Gasteiger partial charge in [-0.1, -0.05) is 24.3 Å². The maximum atomic E-state index is 4.62. The third-order valence-corrected chi connectivity index (χ3v) is 5.24. The van der Waals surface area contributed by atoms with Gasteiger partial charge in [0.1, 0.15) is 11.7 Å². The average molecular weight is 367 g/mol. The molecule has 0 amide bonds. The Hall–Kier alpha value is -2.33. The molecule has 2 unspecified atom stereocenters. The molecule has 0 fully saturated rings. The molecule has 0 spiro atoms. The molecular weight excluding hydrogens is 344 g/mol. The first kappa shape index (κ1) is 17.1. The van der Waals surface area contributed by atoms with Crippen molar-refractivity contribution >= 4 is 24.1 Å². The molecule has 0 saturated carbocycles. The number of aliphatic imine (C=N–C) groups is 2. The van der Waals surface area contributed by atoms with E-state index in [1.807, 2.05) is 0 Å². The van der Waals surface area contributed by atoms with Crippen LogP contribution in [0.25, 0.3) is 11.1 Å². The van der Waals surface area contributed by atoms with Crippen LogP contribution in [0.1, 0.15) is 36.1 Å². The Balaban J connectivity index is 0.00000168. The molecule has 1 aliphatic carbocycles. The van der Waals surface area contributed by atoms with Gasteiger partial charge in [-0.15, -0.1) is 12.4 Å². The summed E-state index contributed by atoms with van der Waals surface area (Å²) in [5.74, 6) is 2.07. The van der Waals surface area contributed by atoms with Crippen molar-refractivity contribution in [1.29, 1.82) is 0 Å². The molecule has 5 rings (SSSR count). The lowest BCUT2D eigenvalue weighted by atomic mass is 10.0. The Morgan fingerprint density at radius 2 is 1.23 bits per heavy atom. The van der Waals surface area contributed by atoms with Gasteiger partial charge in [-0.2, -0.15) is 0 Å². The number of nitrogens with one attached hydrogen (secondary N) is 2. The Bertz CT molecular complexity index is 856. The summed E-state index contributed by atoms with van der Waals surface area (Å²) in [7, 11) is 0. The van der Waals surface area contributed by atoms with Gasteiger partial charge in [0, 0.05) is 23.2 Å². The van der Waals surface area contributed by atoms with E-state index in [9.17, 15) is 0 Å². The quantitative estimate of drug-likeness (QED) is 0.732. The summed E-state index contributed by atoms with van der Waals surface area (Å²) in [4.78, 5) is 9.23. The number of hydrogen-bond acceptors (Lipinski definition) is 4. The molecule has 26 heavy (non-hydrogen) atoms. The van der Waals surface area contributed by atoms with E-state index in [1.54, 1.807) is 0 Å². The van der Waals surface area contributed by atoms with Crippen LogP contribution in [0, 0.1) is 0 Å². The van der Waals surface area contributed by atoms with Crippen molar-refractivity contribution in [3.8, 4) is 11.1 Å². The predicted octanol–water partition coefficient (Wildman–Crippen LogP) is 3.16. The molecule has 0 bridgehead atoms. The Morgan fingerprint density at radius 1 is 0.769 bits per heavy atom. The van der Waals surface area contributed by atoms with E-state index < -0.39 is 0 Å². The van der Waals surface area contributed by atoms with Crippen LogP contribution in [0.2, 0.25) is 0 Å². The van der Waals surface area contributed by atoms with Crippen molar-refractivity contribution in [3.63, 3.8) is 0 Å². The molecule has 2 aliphatic heterocycles. The molecule has 134 valence electrons. The molecule has 0 saturated heterocycles. The Kier molecular flexibility index (Phi) is 4.23. The van der Waals surface area contributed by atoms with Gasteiger partial charge >= 0.3 is 0 Å². The topological polar surface area (TPSA) is 48.8 Å². The molecule has 0 radical (unpaired) electrons. The van der Waals surface area contributed by atoms with Crippen LogP contribution in [0.3, 0.4) is 0 Å². The van der Waals surface area contributed by atoms with Gasteiger partial charge in [-0.05, 0) is 54.7 Å². The fourth-order valence-corrected chi connectivity index (χ4v) is 3.96. The molecule has 2 aromatic carbocycles. The molecule has 2 atom stereocenters. The number of halogens is 1. The van der Waals surface area contributed by atoms with Crippen LogP contribution in [0.4, 0.5) is 0 Å². The van der Waals surface area contributed by atoms with Crippen LogP contribution >= 0.6 is 12.4 Å². The molecule has 3 aliphatic rings. The van der Waals surface area contributed by atoms with Crippen molar-refractivity contribution in [1.82, 2.24) is 10.6 Å². The molecule has 2 heterocycles. The Labute approximate surface area is 160 Å². The SMILES string of the molecule is CC1CN=C(c2ccc3c(c2)Cc2cc(C4=NCC(C)N4)ccc2-3)N1.Cl. The summed E-state index contributed by atoms with van der Waals surface area (Å²) in [6.45, 7) is 6.07. The smallest absolute Gasteiger partial charge is 0.128 e. The van der Waals surface area contributed by atoms with Gasteiger partial charge in [0.05, 0.1) is 13.1 Å². The van der Waals surface area contributed by atoms with E-state index in [2.05, 4.69) is 70.9 Å². The largest absolute Gasteiger partial charge is 0.366 e. The van der Waals surface area contributed by atoms with E-state index in [1.165, 1.54) is 33.4 Å². The van der Waals surface area contributed by atoms with E-state index >= 15 is 0 Å². The van der Waals surface area contributed by atoms with Crippen LogP contribution in [-0.4, -0.2) is 36.8 Å². The van der Waals surface area contributed by atoms with Crippen molar-refractivity contribution < 1.29 is 0 Å². The highest BCUT2D eigenvalue weighted by Crippen LogP contribution is 2.37. The minimum absolute atomic E-state index is 0. The monoisotopic (exact) mass is 366 g/mol. The second-order valence-corrected chi connectivity index (χ2v) is 7.39. The standard InChI is InChI=1S/C21H22N4.ClH/c1-12-10-22-20(24-12)14-3-5-18-16(7-14)9-17-8-15(4-6-19(17)18)21-23-11-13(2)25-21;/h3-8,12-13H,9-11H2,1-2H3,(H,22,24)(H,23,25);1H. The lowest BCUT2D eigenvalue weighted by Crippen LogP contribution is -2.27. The van der Waals surface area contributed by atoms with Gasteiger partial charge in [0.15, 0.2) is 0 Å². The van der Waals surface area contributed by atoms with Crippen LogP contribution < -0.4 is 10.6 Å². The van der Waals surface area contributed by atoms with Crippen LogP contribution in [-0.2, 0) is 6.42 Å². The van der Waals surface area contributed by atoms with Crippen LogP contribution in [0.15, 0.2) is 46.4 Å². The minimum Gasteiger partial charge on any atom is -0.366 e. The number of nitrogens with zero attached hydrogens (tertiary/aromatic N) is 2. The third-order valence-electron chi connectivity index (χ3n) is 5.24. The molecule has 5 heteroatoms.